The maximum atomic E-state index is 12.1. The minimum atomic E-state index is -0.959. The second-order valence-electron chi connectivity index (χ2n) is 8.47. The molecule has 0 saturated heterocycles. The van der Waals surface area contributed by atoms with E-state index in [1.165, 1.54) is 6.20 Å². The fourth-order valence-corrected chi connectivity index (χ4v) is 3.57. The summed E-state index contributed by atoms with van der Waals surface area (Å²) in [6.45, 7) is 4.40. The van der Waals surface area contributed by atoms with E-state index in [0.29, 0.717) is 22.9 Å². The molecule has 0 radical (unpaired) electrons. The minimum absolute atomic E-state index is 0.0396. The molecule has 1 heterocycles. The Morgan fingerprint density at radius 1 is 1.00 bits per heavy atom. The zero-order chi connectivity index (χ0) is 24.5. The van der Waals surface area contributed by atoms with Gasteiger partial charge in [0.2, 0.25) is 0 Å². The van der Waals surface area contributed by atoms with E-state index in [-0.39, 0.29) is 24.9 Å². The number of nitrogens with one attached hydrogen (secondary N) is 2. The summed E-state index contributed by atoms with van der Waals surface area (Å²) >= 11 is 0. The van der Waals surface area contributed by atoms with E-state index in [9.17, 15) is 9.59 Å². The summed E-state index contributed by atoms with van der Waals surface area (Å²) < 4.78 is 0. The molecule has 0 bridgehead atoms. The van der Waals surface area contributed by atoms with Crippen LogP contribution in [0.5, 0.6) is 0 Å². The Hall–Kier alpha value is -4.18. The highest BCUT2D eigenvalue weighted by atomic mass is 16.4. The second-order valence-corrected chi connectivity index (χ2v) is 8.47. The van der Waals surface area contributed by atoms with E-state index in [1.54, 1.807) is 12.1 Å². The molecule has 1 unspecified atom stereocenters. The number of aromatic nitrogens is 1. The zero-order valence-corrected chi connectivity index (χ0v) is 19.3. The van der Waals surface area contributed by atoms with Crippen LogP contribution in [0.4, 0.5) is 5.82 Å². The molecule has 2 aromatic carbocycles. The van der Waals surface area contributed by atoms with E-state index in [1.807, 2.05) is 24.3 Å². The first kappa shape index (κ1) is 24.5. The van der Waals surface area contributed by atoms with Crippen LogP contribution in [-0.4, -0.2) is 28.5 Å². The van der Waals surface area contributed by atoms with Gasteiger partial charge in [-0.25, -0.2) is 4.98 Å². The van der Waals surface area contributed by atoms with E-state index in [4.69, 9.17) is 10.4 Å². The van der Waals surface area contributed by atoms with E-state index < -0.39 is 5.97 Å². The summed E-state index contributed by atoms with van der Waals surface area (Å²) in [5, 5.41) is 23.7. The van der Waals surface area contributed by atoms with Gasteiger partial charge in [-0.2, -0.15) is 5.26 Å². The van der Waals surface area contributed by atoms with Crippen molar-refractivity contribution in [2.75, 3.05) is 11.9 Å². The summed E-state index contributed by atoms with van der Waals surface area (Å²) in [4.78, 5) is 27.1. The SMILES string of the molecule is CC(C)CC(Nc1ccc(C(=O)NCCC(=O)O)cn1)c1ccc(-c2ccc(C#N)cc2)cc1. The van der Waals surface area contributed by atoms with Crippen LogP contribution in [0.15, 0.2) is 66.9 Å². The lowest BCUT2D eigenvalue weighted by molar-refractivity contribution is -0.136. The Kier molecular flexibility index (Phi) is 8.36. The molecule has 3 aromatic rings. The predicted octanol–water partition coefficient (Wildman–Crippen LogP) is 5.02. The van der Waals surface area contributed by atoms with Gasteiger partial charge in [0.15, 0.2) is 0 Å². The summed E-state index contributed by atoms with van der Waals surface area (Å²) in [5.41, 5.74) is 4.27. The van der Waals surface area contributed by atoms with Crippen molar-refractivity contribution in [2.24, 2.45) is 5.92 Å². The number of hydrogen-bond donors (Lipinski definition) is 3. The Morgan fingerprint density at radius 2 is 1.65 bits per heavy atom. The highest BCUT2D eigenvalue weighted by molar-refractivity contribution is 5.94. The molecular formula is C27H28N4O3. The topological polar surface area (TPSA) is 115 Å². The van der Waals surface area contributed by atoms with Crippen molar-refractivity contribution in [1.29, 1.82) is 5.26 Å². The first-order chi connectivity index (χ1) is 16.4. The highest BCUT2D eigenvalue weighted by Crippen LogP contribution is 2.28. The van der Waals surface area contributed by atoms with E-state index in [2.05, 4.69) is 59.8 Å². The summed E-state index contributed by atoms with van der Waals surface area (Å²) in [6, 6.07) is 21.5. The van der Waals surface area contributed by atoms with Gasteiger partial charge in [0.1, 0.15) is 5.82 Å². The third-order valence-electron chi connectivity index (χ3n) is 5.34. The zero-order valence-electron chi connectivity index (χ0n) is 19.3. The Balaban J connectivity index is 1.70. The number of amides is 1. The fourth-order valence-electron chi connectivity index (χ4n) is 3.57. The van der Waals surface area contributed by atoms with Crippen LogP contribution < -0.4 is 10.6 Å². The van der Waals surface area contributed by atoms with Gasteiger partial charge in [-0.15, -0.1) is 0 Å². The molecule has 0 aliphatic rings. The third kappa shape index (κ3) is 6.91. The van der Waals surface area contributed by atoms with Gasteiger partial charge in [-0.05, 0) is 53.3 Å². The molecule has 0 aliphatic carbocycles. The van der Waals surface area contributed by atoms with Crippen LogP contribution in [0.2, 0.25) is 0 Å². The molecule has 3 rings (SSSR count). The number of aliphatic carboxylic acids is 1. The van der Waals surface area contributed by atoms with Gasteiger partial charge in [0.05, 0.1) is 29.7 Å². The molecule has 1 aromatic heterocycles. The van der Waals surface area contributed by atoms with Crippen molar-refractivity contribution in [1.82, 2.24) is 10.3 Å². The average Bonchev–Trinajstić information content (AvgIpc) is 2.83. The van der Waals surface area contributed by atoms with Crippen LogP contribution in [-0.2, 0) is 4.79 Å². The molecule has 1 atom stereocenters. The molecule has 7 heteroatoms. The van der Waals surface area contributed by atoms with Crippen molar-refractivity contribution in [2.45, 2.75) is 32.7 Å². The van der Waals surface area contributed by atoms with Gasteiger partial charge in [0.25, 0.3) is 5.91 Å². The maximum Gasteiger partial charge on any atom is 0.305 e. The first-order valence-electron chi connectivity index (χ1n) is 11.2. The van der Waals surface area contributed by atoms with Gasteiger partial charge >= 0.3 is 5.97 Å². The number of rotatable bonds is 10. The number of anilines is 1. The fraction of sp³-hybridized carbons (Fsp3) is 0.259. The number of carboxylic acids is 1. The molecule has 0 spiro atoms. The molecule has 0 saturated carbocycles. The normalized spacial score (nSPS) is 11.5. The first-order valence-corrected chi connectivity index (χ1v) is 11.2. The summed E-state index contributed by atoms with van der Waals surface area (Å²) in [7, 11) is 0. The van der Waals surface area contributed by atoms with E-state index >= 15 is 0 Å². The van der Waals surface area contributed by atoms with Gasteiger partial charge in [-0.3, -0.25) is 9.59 Å². The molecule has 1 amide bonds. The average molecular weight is 457 g/mol. The lowest BCUT2D eigenvalue weighted by Crippen LogP contribution is -2.26. The standard InChI is InChI=1S/C27H28N4O3/c1-18(2)15-24(22-9-7-21(8-10-22)20-5-3-19(16-28)4-6-20)31-25-12-11-23(17-30-25)27(34)29-14-13-26(32)33/h3-12,17-18,24H,13-15H2,1-2H3,(H,29,34)(H,30,31)(H,32,33). The van der Waals surface area contributed by atoms with Gasteiger partial charge < -0.3 is 15.7 Å². The molecular weight excluding hydrogens is 428 g/mol. The third-order valence-corrected chi connectivity index (χ3v) is 5.34. The largest absolute Gasteiger partial charge is 0.481 e. The van der Waals surface area contributed by atoms with Crippen molar-refractivity contribution >= 4 is 17.7 Å². The molecule has 34 heavy (non-hydrogen) atoms. The van der Waals surface area contributed by atoms with E-state index in [0.717, 1.165) is 23.1 Å². The molecule has 3 N–H and O–H groups in total. The lowest BCUT2D eigenvalue weighted by Gasteiger charge is -2.22. The van der Waals surface area contributed by atoms with Crippen molar-refractivity contribution < 1.29 is 14.7 Å². The monoisotopic (exact) mass is 456 g/mol. The number of hydrogen-bond acceptors (Lipinski definition) is 5. The highest BCUT2D eigenvalue weighted by Gasteiger charge is 2.15. The van der Waals surface area contributed by atoms with Crippen LogP contribution >= 0.6 is 0 Å². The van der Waals surface area contributed by atoms with Crippen LogP contribution in [0.3, 0.4) is 0 Å². The number of pyridine rings is 1. The van der Waals surface area contributed by atoms with Crippen LogP contribution in [0.1, 0.15) is 54.2 Å². The Labute approximate surface area is 199 Å². The minimum Gasteiger partial charge on any atom is -0.481 e. The number of benzene rings is 2. The number of carbonyl (C=O) groups excluding carboxylic acids is 1. The van der Waals surface area contributed by atoms with Crippen molar-refractivity contribution in [3.05, 3.63) is 83.6 Å². The van der Waals surface area contributed by atoms with Crippen LogP contribution in [0, 0.1) is 17.2 Å². The Bertz CT molecular complexity index is 1150. The quantitative estimate of drug-likeness (QED) is 0.394. The van der Waals surface area contributed by atoms with Crippen molar-refractivity contribution in [3.63, 3.8) is 0 Å². The van der Waals surface area contributed by atoms with Crippen molar-refractivity contribution in [3.8, 4) is 17.2 Å². The molecule has 174 valence electrons. The predicted molar refractivity (Wildman–Crippen MR) is 131 cm³/mol. The van der Waals surface area contributed by atoms with Crippen LogP contribution in [0.25, 0.3) is 11.1 Å². The smallest absolute Gasteiger partial charge is 0.305 e. The number of carbonyl (C=O) groups is 2. The number of nitrogens with zero attached hydrogens (tertiary/aromatic N) is 2. The second kappa shape index (κ2) is 11.6. The number of nitriles is 1. The lowest BCUT2D eigenvalue weighted by atomic mass is 9.95. The summed E-state index contributed by atoms with van der Waals surface area (Å²) in [5.74, 6) is -0.199. The molecule has 0 aliphatic heterocycles. The molecule has 7 nitrogen and oxygen atoms in total. The Morgan fingerprint density at radius 3 is 2.18 bits per heavy atom. The summed E-state index contributed by atoms with van der Waals surface area (Å²) in [6.07, 6.45) is 2.26. The van der Waals surface area contributed by atoms with Gasteiger partial charge in [-0.1, -0.05) is 50.2 Å². The maximum absolute atomic E-state index is 12.1. The number of carboxylic acid groups (broad SMARTS) is 1. The molecule has 0 fully saturated rings. The van der Waals surface area contributed by atoms with Gasteiger partial charge in [0, 0.05) is 12.7 Å².